The molecule has 0 fully saturated rings. The molecule has 0 aromatic rings. The largest absolute Gasteiger partial charge is 0.462 e. The van der Waals surface area contributed by atoms with Crippen LogP contribution in [0.15, 0.2) is 85.1 Å². The van der Waals surface area contributed by atoms with Gasteiger partial charge >= 0.3 is 5.97 Å². The van der Waals surface area contributed by atoms with Crippen molar-refractivity contribution in [1.29, 1.82) is 0 Å². The van der Waals surface area contributed by atoms with Crippen LogP contribution < -0.4 is 5.32 Å². The van der Waals surface area contributed by atoms with Gasteiger partial charge in [0, 0.05) is 6.42 Å². The number of carbonyl (C=O) groups excluding carboxylic acids is 2. The van der Waals surface area contributed by atoms with Crippen molar-refractivity contribution in [2.24, 2.45) is 0 Å². The first-order chi connectivity index (χ1) is 30.0. The molecular weight excluding hydrogens is 755 g/mol. The zero-order chi connectivity index (χ0) is 44.5. The Morgan fingerprint density at radius 3 is 1.43 bits per heavy atom. The van der Waals surface area contributed by atoms with Gasteiger partial charge in [0.2, 0.25) is 5.91 Å². The topological polar surface area (TPSA) is 95.9 Å². The minimum absolute atomic E-state index is 0.0214. The van der Waals surface area contributed by atoms with Crippen molar-refractivity contribution in [3.8, 4) is 0 Å². The summed E-state index contributed by atoms with van der Waals surface area (Å²) in [6, 6.07) is -0.730. The average Bonchev–Trinajstić information content (AvgIpc) is 3.25. The molecule has 6 nitrogen and oxygen atoms in total. The third-order valence-corrected chi connectivity index (χ3v) is 11.1. The van der Waals surface area contributed by atoms with Crippen LogP contribution in [-0.2, 0) is 14.3 Å². The lowest BCUT2D eigenvalue weighted by Gasteiger charge is -2.24. The highest BCUT2D eigenvalue weighted by Crippen LogP contribution is 2.17. The average molecular weight is 850 g/mol. The van der Waals surface area contributed by atoms with E-state index in [9.17, 15) is 19.8 Å². The van der Waals surface area contributed by atoms with Crippen LogP contribution in [0.3, 0.4) is 0 Å². The molecule has 0 saturated heterocycles. The fourth-order valence-corrected chi connectivity index (χ4v) is 7.29. The van der Waals surface area contributed by atoms with E-state index in [0.717, 1.165) is 57.8 Å². The van der Waals surface area contributed by atoms with E-state index >= 15 is 0 Å². The van der Waals surface area contributed by atoms with Crippen molar-refractivity contribution in [2.45, 2.75) is 244 Å². The molecule has 0 saturated carbocycles. The standard InChI is InChI=1S/C55H95NO5/c1-4-7-10-13-16-19-22-25-27-29-31-34-37-40-43-46-51(61-55(60)48-45-42-39-36-33-30-28-26-23-20-17-14-11-8-5-2)49-54(59)56-52(50-57)53(58)47-44-41-38-35-32-24-21-18-15-12-9-6-3/h7,10,13,16,19-20,22-23,25,27,29,31,34,37,51-53,57-58H,4-6,8-9,11-12,14-15,17-18,21,24,26,28,30,32-33,35-36,38-50H2,1-3H3,(H,56,59)/b10-7-,16-13+,22-19+,23-20-,27-25-,31-29+,37-34+. The van der Waals surface area contributed by atoms with Gasteiger partial charge in [0.25, 0.3) is 0 Å². The highest BCUT2D eigenvalue weighted by Gasteiger charge is 2.24. The molecule has 6 heteroatoms. The second-order valence-electron chi connectivity index (χ2n) is 17.0. The van der Waals surface area contributed by atoms with E-state index in [2.05, 4.69) is 50.4 Å². The fraction of sp³-hybridized carbons (Fsp3) is 0.709. The molecule has 0 radical (unpaired) electrons. The van der Waals surface area contributed by atoms with Crippen LogP contribution in [0.25, 0.3) is 0 Å². The van der Waals surface area contributed by atoms with Crippen molar-refractivity contribution in [3.63, 3.8) is 0 Å². The quantitative estimate of drug-likeness (QED) is 0.0246. The molecule has 0 aromatic heterocycles. The Morgan fingerprint density at radius 1 is 0.492 bits per heavy atom. The molecule has 3 atom stereocenters. The van der Waals surface area contributed by atoms with Gasteiger partial charge in [0.05, 0.1) is 25.2 Å². The second-order valence-corrected chi connectivity index (χ2v) is 17.0. The van der Waals surface area contributed by atoms with Crippen molar-refractivity contribution < 1.29 is 24.5 Å². The summed E-state index contributed by atoms with van der Waals surface area (Å²) in [5.74, 6) is -0.558. The van der Waals surface area contributed by atoms with Gasteiger partial charge in [-0.2, -0.15) is 0 Å². The van der Waals surface area contributed by atoms with Crippen molar-refractivity contribution in [2.75, 3.05) is 6.61 Å². The number of hydrogen-bond donors (Lipinski definition) is 3. The zero-order valence-electron chi connectivity index (χ0n) is 39.8. The molecule has 350 valence electrons. The Balaban J connectivity index is 4.75. The van der Waals surface area contributed by atoms with Gasteiger partial charge in [-0.3, -0.25) is 9.59 Å². The number of hydrogen-bond acceptors (Lipinski definition) is 5. The molecular formula is C55H95NO5. The van der Waals surface area contributed by atoms with Crippen LogP contribution in [0.2, 0.25) is 0 Å². The first-order valence-corrected chi connectivity index (χ1v) is 25.4. The predicted molar refractivity (Wildman–Crippen MR) is 264 cm³/mol. The number of carbonyl (C=O) groups is 2. The monoisotopic (exact) mass is 850 g/mol. The van der Waals surface area contributed by atoms with Crippen molar-refractivity contribution >= 4 is 11.9 Å². The lowest BCUT2D eigenvalue weighted by molar-refractivity contribution is -0.151. The summed E-state index contributed by atoms with van der Waals surface area (Å²) in [6.07, 6.45) is 62.1. The number of nitrogens with one attached hydrogen (secondary N) is 1. The van der Waals surface area contributed by atoms with Gasteiger partial charge in [0.1, 0.15) is 6.10 Å². The molecule has 0 spiro atoms. The molecule has 1 amide bonds. The van der Waals surface area contributed by atoms with Crippen LogP contribution in [0.1, 0.15) is 226 Å². The summed E-state index contributed by atoms with van der Waals surface area (Å²) in [5.41, 5.74) is 0. The highest BCUT2D eigenvalue weighted by molar-refractivity contribution is 5.77. The van der Waals surface area contributed by atoms with Gasteiger partial charge in [-0.1, -0.05) is 234 Å². The number of amides is 1. The third-order valence-electron chi connectivity index (χ3n) is 11.1. The summed E-state index contributed by atoms with van der Waals surface area (Å²) in [6.45, 7) is 6.29. The van der Waals surface area contributed by atoms with E-state index < -0.39 is 18.2 Å². The van der Waals surface area contributed by atoms with E-state index in [1.54, 1.807) is 0 Å². The Labute approximate surface area is 376 Å². The third kappa shape index (κ3) is 43.5. The second kappa shape index (κ2) is 48.1. The van der Waals surface area contributed by atoms with Crippen LogP contribution in [-0.4, -0.2) is 46.9 Å². The molecule has 0 bridgehead atoms. The molecule has 0 rings (SSSR count). The van der Waals surface area contributed by atoms with Gasteiger partial charge in [-0.25, -0.2) is 0 Å². The fourth-order valence-electron chi connectivity index (χ4n) is 7.29. The zero-order valence-corrected chi connectivity index (χ0v) is 39.8. The SMILES string of the molecule is CC\C=C/C=C/C=C/C=C\C=C\C=C\CCCC(CC(=O)NC(CO)C(O)CCCCCCCCCCCCCC)OC(=O)CCCCCCCCC/C=C\CCCCCC. The molecule has 0 aliphatic carbocycles. The summed E-state index contributed by atoms with van der Waals surface area (Å²) < 4.78 is 5.89. The van der Waals surface area contributed by atoms with E-state index in [4.69, 9.17) is 4.74 Å². The molecule has 3 unspecified atom stereocenters. The van der Waals surface area contributed by atoms with Crippen molar-refractivity contribution in [1.82, 2.24) is 5.32 Å². The van der Waals surface area contributed by atoms with Crippen molar-refractivity contribution in [3.05, 3.63) is 85.1 Å². The van der Waals surface area contributed by atoms with Gasteiger partial charge in [0.15, 0.2) is 0 Å². The van der Waals surface area contributed by atoms with Gasteiger partial charge in [-0.05, 0) is 64.2 Å². The van der Waals surface area contributed by atoms with Gasteiger partial charge < -0.3 is 20.3 Å². The number of rotatable bonds is 44. The number of esters is 1. The Bertz CT molecular complexity index is 1180. The predicted octanol–water partition coefficient (Wildman–Crippen LogP) is 15.2. The van der Waals surface area contributed by atoms with Crippen LogP contribution >= 0.6 is 0 Å². The minimum Gasteiger partial charge on any atom is -0.462 e. The van der Waals surface area contributed by atoms with E-state index in [-0.39, 0.29) is 24.9 Å². The van der Waals surface area contributed by atoms with Crippen LogP contribution in [0.5, 0.6) is 0 Å². The summed E-state index contributed by atoms with van der Waals surface area (Å²) in [5, 5.41) is 23.7. The lowest BCUT2D eigenvalue weighted by Crippen LogP contribution is -2.46. The highest BCUT2D eigenvalue weighted by atomic mass is 16.5. The Morgan fingerprint density at radius 2 is 0.918 bits per heavy atom. The maximum atomic E-state index is 13.2. The molecule has 61 heavy (non-hydrogen) atoms. The Hall–Kier alpha value is -2.96. The summed E-state index contributed by atoms with van der Waals surface area (Å²) in [4.78, 5) is 26.1. The van der Waals surface area contributed by atoms with Gasteiger partial charge in [-0.15, -0.1) is 0 Å². The number of ether oxygens (including phenoxy) is 1. The number of aliphatic hydroxyl groups is 2. The smallest absolute Gasteiger partial charge is 0.306 e. The summed E-state index contributed by atoms with van der Waals surface area (Å²) in [7, 11) is 0. The number of aliphatic hydroxyl groups excluding tert-OH is 2. The summed E-state index contributed by atoms with van der Waals surface area (Å²) >= 11 is 0. The van der Waals surface area contributed by atoms with Crippen LogP contribution in [0.4, 0.5) is 0 Å². The molecule has 0 aromatic carbocycles. The first kappa shape index (κ1) is 58.0. The van der Waals surface area contributed by atoms with E-state index in [0.29, 0.717) is 19.3 Å². The lowest BCUT2D eigenvalue weighted by atomic mass is 10.0. The molecule has 0 heterocycles. The number of allylic oxidation sites excluding steroid dienone is 14. The minimum atomic E-state index is -0.811. The molecule has 3 N–H and O–H groups in total. The molecule has 0 aliphatic heterocycles. The normalized spacial score (nSPS) is 14.0. The van der Waals surface area contributed by atoms with E-state index in [1.807, 2.05) is 60.8 Å². The maximum absolute atomic E-state index is 13.2. The Kier molecular flexibility index (Phi) is 45.7. The number of unbranched alkanes of at least 4 members (excludes halogenated alkanes) is 23. The maximum Gasteiger partial charge on any atom is 0.306 e. The molecule has 0 aliphatic rings. The van der Waals surface area contributed by atoms with E-state index in [1.165, 1.54) is 122 Å². The first-order valence-electron chi connectivity index (χ1n) is 25.4. The van der Waals surface area contributed by atoms with Crippen LogP contribution in [0, 0.1) is 0 Å².